The van der Waals surface area contributed by atoms with E-state index in [-0.39, 0.29) is 16.7 Å². The maximum Gasteiger partial charge on any atom is 0.272 e. The molecular weight excluding hydrogens is 268 g/mol. The van der Waals surface area contributed by atoms with Gasteiger partial charge in [-0.05, 0) is 51.1 Å². The first kappa shape index (κ1) is 15.3. The average molecular weight is 288 g/mol. The quantitative estimate of drug-likeness (QED) is 0.638. The fourth-order valence-electron chi connectivity index (χ4n) is 2.22. The summed E-state index contributed by atoms with van der Waals surface area (Å²) in [6, 6.07) is 9.02. The van der Waals surface area contributed by atoms with E-state index < -0.39 is 0 Å². The number of benzene rings is 1. The average Bonchev–Trinajstić information content (AvgIpc) is 2.94. The minimum absolute atomic E-state index is 0.128. The summed E-state index contributed by atoms with van der Waals surface area (Å²) in [5, 5.41) is 14.2. The van der Waals surface area contributed by atoms with E-state index >= 15 is 0 Å². The lowest BCUT2D eigenvalue weighted by Crippen LogP contribution is -2.18. The Kier molecular flexibility index (Phi) is 4.75. The van der Waals surface area contributed by atoms with Crippen molar-refractivity contribution >= 4 is 5.69 Å². The van der Waals surface area contributed by atoms with E-state index in [0.717, 1.165) is 30.0 Å². The molecule has 5 heteroatoms. The fourth-order valence-corrected chi connectivity index (χ4v) is 2.22. The molecule has 0 aliphatic carbocycles. The van der Waals surface area contributed by atoms with Crippen molar-refractivity contribution in [2.45, 2.75) is 33.2 Å². The van der Waals surface area contributed by atoms with Gasteiger partial charge >= 0.3 is 0 Å². The van der Waals surface area contributed by atoms with Crippen molar-refractivity contribution in [2.75, 3.05) is 6.54 Å². The van der Waals surface area contributed by atoms with Gasteiger partial charge in [0.25, 0.3) is 5.69 Å². The Morgan fingerprint density at radius 2 is 2.10 bits per heavy atom. The van der Waals surface area contributed by atoms with Gasteiger partial charge < -0.3 is 9.73 Å². The number of hydrogen-bond acceptors (Lipinski definition) is 4. The highest BCUT2D eigenvalue weighted by atomic mass is 16.6. The van der Waals surface area contributed by atoms with Gasteiger partial charge in [0.05, 0.1) is 11.0 Å². The molecule has 5 nitrogen and oxygen atoms in total. The van der Waals surface area contributed by atoms with E-state index in [1.54, 1.807) is 19.1 Å². The van der Waals surface area contributed by atoms with Crippen molar-refractivity contribution in [3.63, 3.8) is 0 Å². The van der Waals surface area contributed by atoms with Gasteiger partial charge in [0, 0.05) is 17.2 Å². The zero-order chi connectivity index (χ0) is 15.4. The Hall–Kier alpha value is -2.14. The summed E-state index contributed by atoms with van der Waals surface area (Å²) in [5.41, 5.74) is 1.61. The van der Waals surface area contributed by atoms with E-state index in [2.05, 4.69) is 19.2 Å². The van der Waals surface area contributed by atoms with Gasteiger partial charge in [0.2, 0.25) is 0 Å². The monoisotopic (exact) mass is 288 g/mol. The zero-order valence-corrected chi connectivity index (χ0v) is 12.6. The number of nitro benzene ring substituents is 1. The van der Waals surface area contributed by atoms with Crippen molar-refractivity contribution < 1.29 is 9.34 Å². The van der Waals surface area contributed by atoms with Gasteiger partial charge in [-0.1, -0.05) is 6.92 Å². The Bertz CT molecular complexity index is 634. The maximum absolute atomic E-state index is 10.8. The zero-order valence-electron chi connectivity index (χ0n) is 12.6. The first-order valence-electron chi connectivity index (χ1n) is 7.11. The van der Waals surface area contributed by atoms with Crippen LogP contribution < -0.4 is 5.32 Å². The lowest BCUT2D eigenvalue weighted by atomic mass is 10.1. The number of nitrogens with zero attached hydrogens (tertiary/aromatic N) is 1. The van der Waals surface area contributed by atoms with Crippen LogP contribution in [0.3, 0.4) is 0 Å². The van der Waals surface area contributed by atoms with Crippen LogP contribution in [0.25, 0.3) is 11.3 Å². The molecule has 2 rings (SSSR count). The van der Waals surface area contributed by atoms with Crippen molar-refractivity contribution in [1.82, 2.24) is 5.32 Å². The predicted octanol–water partition coefficient (Wildman–Crippen LogP) is 4.22. The molecule has 1 atom stereocenters. The topological polar surface area (TPSA) is 68.3 Å². The maximum atomic E-state index is 10.8. The van der Waals surface area contributed by atoms with E-state index in [1.807, 2.05) is 12.1 Å². The van der Waals surface area contributed by atoms with Crippen LogP contribution in [0.15, 0.2) is 34.7 Å². The first-order chi connectivity index (χ1) is 10.0. The molecule has 0 amide bonds. The van der Waals surface area contributed by atoms with Crippen LogP contribution in [0.2, 0.25) is 0 Å². The number of furan rings is 1. The van der Waals surface area contributed by atoms with Crippen LogP contribution in [0.1, 0.15) is 37.6 Å². The Morgan fingerprint density at radius 1 is 1.33 bits per heavy atom. The molecule has 1 unspecified atom stereocenters. The molecule has 0 saturated carbocycles. The summed E-state index contributed by atoms with van der Waals surface area (Å²) in [4.78, 5) is 10.5. The number of nitrogens with one attached hydrogen (secondary N) is 1. The lowest BCUT2D eigenvalue weighted by Gasteiger charge is -2.09. The molecule has 0 saturated heterocycles. The standard InChI is InChI=1S/C16H20N2O3/c1-4-9-17-12(3)15-7-8-16(21-15)13-5-6-14(18(19)20)11(2)10-13/h5-8,10,12,17H,4,9H2,1-3H3. The largest absolute Gasteiger partial charge is 0.459 e. The Morgan fingerprint density at radius 3 is 2.71 bits per heavy atom. The molecule has 0 radical (unpaired) electrons. The summed E-state index contributed by atoms with van der Waals surface area (Å²) in [7, 11) is 0. The SMILES string of the molecule is CCCNC(C)c1ccc(-c2ccc([N+](=O)[O-])c(C)c2)o1. The third kappa shape index (κ3) is 3.49. The molecule has 1 heterocycles. The van der Waals surface area contributed by atoms with Gasteiger partial charge in [0.1, 0.15) is 11.5 Å². The molecule has 1 aromatic heterocycles. The molecule has 0 aliphatic rings. The highest BCUT2D eigenvalue weighted by molar-refractivity contribution is 5.62. The third-order valence-electron chi connectivity index (χ3n) is 3.43. The van der Waals surface area contributed by atoms with Gasteiger partial charge in [-0.25, -0.2) is 0 Å². The normalized spacial score (nSPS) is 12.3. The van der Waals surface area contributed by atoms with Crippen LogP contribution in [-0.4, -0.2) is 11.5 Å². The van der Waals surface area contributed by atoms with Crippen molar-refractivity contribution in [3.05, 3.63) is 51.8 Å². The van der Waals surface area contributed by atoms with E-state index in [1.165, 1.54) is 6.07 Å². The Labute approximate surface area is 124 Å². The van der Waals surface area contributed by atoms with Crippen LogP contribution >= 0.6 is 0 Å². The molecule has 21 heavy (non-hydrogen) atoms. The van der Waals surface area contributed by atoms with Gasteiger partial charge in [-0.3, -0.25) is 10.1 Å². The minimum atomic E-state index is -0.372. The summed E-state index contributed by atoms with van der Waals surface area (Å²) >= 11 is 0. The van der Waals surface area contributed by atoms with E-state index in [4.69, 9.17) is 4.42 Å². The van der Waals surface area contributed by atoms with Crippen molar-refractivity contribution in [1.29, 1.82) is 0 Å². The molecule has 0 spiro atoms. The summed E-state index contributed by atoms with van der Waals surface area (Å²) in [6.45, 7) is 6.84. The lowest BCUT2D eigenvalue weighted by molar-refractivity contribution is -0.385. The van der Waals surface area contributed by atoms with Crippen LogP contribution in [0, 0.1) is 17.0 Å². The molecule has 1 N–H and O–H groups in total. The summed E-state index contributed by atoms with van der Waals surface area (Å²) < 4.78 is 5.85. The van der Waals surface area contributed by atoms with Gasteiger partial charge in [-0.15, -0.1) is 0 Å². The van der Waals surface area contributed by atoms with Crippen LogP contribution in [0.4, 0.5) is 5.69 Å². The summed E-state index contributed by atoms with van der Waals surface area (Å²) in [5.74, 6) is 1.60. The molecule has 1 aromatic carbocycles. The minimum Gasteiger partial charge on any atom is -0.459 e. The summed E-state index contributed by atoms with van der Waals surface area (Å²) in [6.07, 6.45) is 1.07. The van der Waals surface area contributed by atoms with Crippen LogP contribution in [0.5, 0.6) is 0 Å². The fraction of sp³-hybridized carbons (Fsp3) is 0.375. The van der Waals surface area contributed by atoms with Crippen LogP contribution in [-0.2, 0) is 0 Å². The highest BCUT2D eigenvalue weighted by Crippen LogP contribution is 2.29. The number of hydrogen-bond donors (Lipinski definition) is 1. The number of nitro groups is 1. The first-order valence-corrected chi connectivity index (χ1v) is 7.11. The second-order valence-electron chi connectivity index (χ2n) is 5.14. The third-order valence-corrected chi connectivity index (χ3v) is 3.43. The van der Waals surface area contributed by atoms with E-state index in [9.17, 15) is 10.1 Å². The molecule has 0 aliphatic heterocycles. The van der Waals surface area contributed by atoms with E-state index in [0.29, 0.717) is 5.56 Å². The molecular formula is C16H20N2O3. The van der Waals surface area contributed by atoms with Crippen molar-refractivity contribution in [2.24, 2.45) is 0 Å². The highest BCUT2D eigenvalue weighted by Gasteiger charge is 2.14. The molecule has 112 valence electrons. The molecule has 2 aromatic rings. The predicted molar refractivity (Wildman–Crippen MR) is 82.2 cm³/mol. The molecule has 0 fully saturated rings. The van der Waals surface area contributed by atoms with Crippen molar-refractivity contribution in [3.8, 4) is 11.3 Å². The number of rotatable bonds is 6. The Balaban J connectivity index is 2.21. The second kappa shape index (κ2) is 6.54. The second-order valence-corrected chi connectivity index (χ2v) is 5.14. The molecule has 0 bridgehead atoms. The smallest absolute Gasteiger partial charge is 0.272 e. The van der Waals surface area contributed by atoms with Gasteiger partial charge in [0.15, 0.2) is 0 Å². The number of aryl methyl sites for hydroxylation is 1. The van der Waals surface area contributed by atoms with Gasteiger partial charge in [-0.2, -0.15) is 0 Å².